The first kappa shape index (κ1) is 31.9. The van der Waals surface area contributed by atoms with Gasteiger partial charge in [0, 0.05) is 56.0 Å². The summed E-state index contributed by atoms with van der Waals surface area (Å²) in [7, 11) is 0. The van der Waals surface area contributed by atoms with E-state index in [2.05, 4.69) is 161 Å². The third kappa shape index (κ3) is 5.21. The Hall–Kier alpha value is -7.63. The molecule has 0 spiro atoms. The van der Waals surface area contributed by atoms with E-state index in [0.717, 1.165) is 67.0 Å². The molecule has 0 fully saturated rings. The molecule has 0 atom stereocenters. The van der Waals surface area contributed by atoms with Crippen LogP contribution in [0.15, 0.2) is 200 Å². The Labute approximate surface area is 323 Å². The van der Waals surface area contributed by atoms with Crippen molar-refractivity contribution in [3.8, 4) is 56.4 Å². The zero-order valence-corrected chi connectivity index (χ0v) is 30.3. The van der Waals surface area contributed by atoms with Gasteiger partial charge in [-0.05, 0) is 66.2 Å². The van der Waals surface area contributed by atoms with Gasteiger partial charge in [-0.15, -0.1) is 0 Å². The van der Waals surface area contributed by atoms with Crippen LogP contribution >= 0.6 is 0 Å². The molecule has 4 aromatic heterocycles. The molecule has 0 saturated carbocycles. The Morgan fingerprint density at radius 1 is 0.357 bits per heavy atom. The lowest BCUT2D eigenvalue weighted by atomic mass is 10.0. The van der Waals surface area contributed by atoms with E-state index in [4.69, 9.17) is 15.0 Å². The lowest BCUT2D eigenvalue weighted by molar-refractivity contribution is 1.16. The summed E-state index contributed by atoms with van der Waals surface area (Å²) < 4.78 is 4.72. The minimum absolute atomic E-state index is 0.697. The number of fused-ring (bicyclic) bond motifs is 6. The van der Waals surface area contributed by atoms with E-state index in [1.807, 2.05) is 48.7 Å². The molecule has 0 aliphatic rings. The van der Waals surface area contributed by atoms with Crippen molar-refractivity contribution in [2.75, 3.05) is 0 Å². The molecule has 5 nitrogen and oxygen atoms in total. The molecule has 0 aliphatic heterocycles. The second kappa shape index (κ2) is 13.0. The van der Waals surface area contributed by atoms with Gasteiger partial charge in [0.2, 0.25) is 0 Å². The molecule has 7 aromatic carbocycles. The van der Waals surface area contributed by atoms with Crippen LogP contribution in [0.2, 0.25) is 0 Å². The van der Waals surface area contributed by atoms with Crippen LogP contribution in [0.25, 0.3) is 100 Å². The fourth-order valence-corrected chi connectivity index (χ4v) is 8.25. The van der Waals surface area contributed by atoms with E-state index in [-0.39, 0.29) is 0 Å². The quantitative estimate of drug-likeness (QED) is 0.172. The molecule has 0 amide bonds. The predicted molar refractivity (Wildman–Crippen MR) is 230 cm³/mol. The average molecular weight is 716 g/mol. The fraction of sp³-hybridized carbons (Fsp3) is 0. The van der Waals surface area contributed by atoms with Crippen LogP contribution < -0.4 is 0 Å². The number of nitrogens with zero attached hydrogens (tertiary/aromatic N) is 5. The normalized spacial score (nSPS) is 11.6. The summed E-state index contributed by atoms with van der Waals surface area (Å²) >= 11 is 0. The summed E-state index contributed by atoms with van der Waals surface area (Å²) in [6.07, 6.45) is 1.89. The van der Waals surface area contributed by atoms with Gasteiger partial charge in [0.05, 0.1) is 39.0 Å². The summed E-state index contributed by atoms with van der Waals surface area (Å²) in [5.74, 6) is 0.697. The molecule has 11 rings (SSSR count). The van der Waals surface area contributed by atoms with Crippen molar-refractivity contribution in [3.63, 3.8) is 0 Å². The van der Waals surface area contributed by atoms with Crippen molar-refractivity contribution in [2.24, 2.45) is 0 Å². The molecular formula is C51H33N5. The van der Waals surface area contributed by atoms with Crippen molar-refractivity contribution in [3.05, 3.63) is 200 Å². The number of aromatic nitrogens is 5. The third-order valence-electron chi connectivity index (χ3n) is 10.8. The lowest BCUT2D eigenvalue weighted by Crippen LogP contribution is -1.98. The van der Waals surface area contributed by atoms with E-state index in [1.165, 1.54) is 27.4 Å². The van der Waals surface area contributed by atoms with Gasteiger partial charge >= 0.3 is 0 Å². The van der Waals surface area contributed by atoms with Crippen LogP contribution in [-0.2, 0) is 0 Å². The molecule has 0 bridgehead atoms. The number of hydrogen-bond acceptors (Lipinski definition) is 3. The van der Waals surface area contributed by atoms with E-state index < -0.39 is 0 Å². The first-order valence-electron chi connectivity index (χ1n) is 18.9. The molecule has 0 aliphatic carbocycles. The molecule has 0 N–H and O–H groups in total. The number of hydrogen-bond donors (Lipinski definition) is 0. The van der Waals surface area contributed by atoms with Crippen LogP contribution in [0.5, 0.6) is 0 Å². The highest BCUT2D eigenvalue weighted by molar-refractivity contribution is 6.15. The summed E-state index contributed by atoms with van der Waals surface area (Å²) in [4.78, 5) is 15.1. The molecule has 262 valence electrons. The minimum atomic E-state index is 0.697. The number of pyridine rings is 1. The SMILES string of the molecule is c1ccc(-c2cc(-c3cccc(-n4c5ccc(-c6cccc7c8ccccc8n(-c8ccccc8)c67)cc5c5ncccc54)c3)nc(-c3ccccc3)n2)cc1. The van der Waals surface area contributed by atoms with E-state index >= 15 is 0 Å². The Bertz CT molecular complexity index is 3180. The highest BCUT2D eigenvalue weighted by Gasteiger charge is 2.19. The highest BCUT2D eigenvalue weighted by atomic mass is 15.0. The third-order valence-corrected chi connectivity index (χ3v) is 10.8. The molecule has 0 saturated heterocycles. The second-order valence-electron chi connectivity index (χ2n) is 14.1. The standard InChI is InChI=1S/C51H33N5/c1-4-15-34(16-5-1)44-33-45(54-51(53-44)35-17-6-2-7-18-35)37-19-12-22-39(31-37)55-47-29-28-36(32-43(47)49-48(55)27-14-30-52-49)40-24-13-25-42-41-23-10-11-26-46(41)56(50(40)42)38-20-8-3-9-21-38/h1-33H. The molecule has 4 heterocycles. The molecule has 56 heavy (non-hydrogen) atoms. The van der Waals surface area contributed by atoms with Crippen molar-refractivity contribution in [1.29, 1.82) is 0 Å². The van der Waals surface area contributed by atoms with Crippen molar-refractivity contribution < 1.29 is 0 Å². The van der Waals surface area contributed by atoms with E-state index in [0.29, 0.717) is 5.82 Å². The highest BCUT2D eigenvalue weighted by Crippen LogP contribution is 2.41. The van der Waals surface area contributed by atoms with Crippen molar-refractivity contribution in [1.82, 2.24) is 24.1 Å². The largest absolute Gasteiger partial charge is 0.309 e. The Morgan fingerprint density at radius 3 is 1.80 bits per heavy atom. The van der Waals surface area contributed by atoms with Gasteiger partial charge in [-0.1, -0.05) is 133 Å². The zero-order valence-electron chi connectivity index (χ0n) is 30.3. The van der Waals surface area contributed by atoms with Crippen LogP contribution in [0.3, 0.4) is 0 Å². The van der Waals surface area contributed by atoms with Gasteiger partial charge in [0.15, 0.2) is 5.82 Å². The Morgan fingerprint density at radius 2 is 0.982 bits per heavy atom. The van der Waals surface area contributed by atoms with Gasteiger partial charge in [-0.2, -0.15) is 0 Å². The fourth-order valence-electron chi connectivity index (χ4n) is 8.25. The Balaban J connectivity index is 1.09. The molecular weight excluding hydrogens is 683 g/mol. The van der Waals surface area contributed by atoms with Crippen molar-refractivity contribution >= 4 is 43.7 Å². The van der Waals surface area contributed by atoms with Crippen LogP contribution in [-0.4, -0.2) is 24.1 Å². The Kier molecular flexibility index (Phi) is 7.42. The van der Waals surface area contributed by atoms with Gasteiger partial charge in [0.1, 0.15) is 0 Å². The first-order chi connectivity index (χ1) is 27.8. The van der Waals surface area contributed by atoms with Crippen molar-refractivity contribution in [2.45, 2.75) is 0 Å². The maximum Gasteiger partial charge on any atom is 0.160 e. The van der Waals surface area contributed by atoms with Gasteiger partial charge in [-0.3, -0.25) is 4.98 Å². The summed E-state index contributed by atoms with van der Waals surface area (Å²) in [6.45, 7) is 0. The molecule has 0 radical (unpaired) electrons. The number of rotatable bonds is 6. The lowest BCUT2D eigenvalue weighted by Gasteiger charge is -2.13. The maximum atomic E-state index is 5.13. The summed E-state index contributed by atoms with van der Waals surface area (Å²) in [5.41, 5.74) is 14.8. The minimum Gasteiger partial charge on any atom is -0.309 e. The van der Waals surface area contributed by atoms with E-state index in [1.54, 1.807) is 0 Å². The first-order valence-corrected chi connectivity index (χ1v) is 18.9. The monoisotopic (exact) mass is 715 g/mol. The molecule has 0 unspecified atom stereocenters. The predicted octanol–water partition coefficient (Wildman–Crippen LogP) is 12.7. The summed E-state index contributed by atoms with van der Waals surface area (Å²) in [6, 6.07) is 68.2. The zero-order chi connectivity index (χ0) is 37.0. The number of para-hydroxylation sites is 3. The van der Waals surface area contributed by atoms with Gasteiger partial charge in [0.25, 0.3) is 0 Å². The van der Waals surface area contributed by atoms with Gasteiger partial charge in [-0.25, -0.2) is 9.97 Å². The maximum absolute atomic E-state index is 5.13. The topological polar surface area (TPSA) is 48.5 Å². The van der Waals surface area contributed by atoms with E-state index in [9.17, 15) is 0 Å². The average Bonchev–Trinajstić information content (AvgIpc) is 3.80. The van der Waals surface area contributed by atoms with Crippen LogP contribution in [0.1, 0.15) is 0 Å². The molecule has 5 heteroatoms. The molecule has 11 aromatic rings. The van der Waals surface area contributed by atoms with Gasteiger partial charge < -0.3 is 9.13 Å². The van der Waals surface area contributed by atoms with Crippen LogP contribution in [0.4, 0.5) is 0 Å². The van der Waals surface area contributed by atoms with Crippen LogP contribution in [0, 0.1) is 0 Å². The second-order valence-corrected chi connectivity index (χ2v) is 14.1. The number of benzene rings is 7. The smallest absolute Gasteiger partial charge is 0.160 e. The summed E-state index contributed by atoms with van der Waals surface area (Å²) in [5, 5.41) is 3.57.